The zero-order chi connectivity index (χ0) is 14.0. The van der Waals surface area contributed by atoms with E-state index in [2.05, 4.69) is 4.72 Å². The van der Waals surface area contributed by atoms with E-state index in [9.17, 15) is 8.42 Å². The summed E-state index contributed by atoms with van der Waals surface area (Å²) in [6.45, 7) is 1.70. The maximum absolute atomic E-state index is 12.2. The van der Waals surface area contributed by atoms with E-state index in [-0.39, 0.29) is 10.6 Å². The van der Waals surface area contributed by atoms with E-state index in [1.165, 1.54) is 30.3 Å². The third kappa shape index (κ3) is 2.97. The van der Waals surface area contributed by atoms with Crippen molar-refractivity contribution in [3.63, 3.8) is 0 Å². The van der Waals surface area contributed by atoms with Gasteiger partial charge in [-0.15, -0.1) is 0 Å². The van der Waals surface area contributed by atoms with Gasteiger partial charge in [-0.3, -0.25) is 4.72 Å². The Morgan fingerprint density at radius 3 is 2.37 bits per heavy atom. The number of nitrogens with one attached hydrogen (secondary N) is 1. The molecular formula is C13H14N2O3S. The van der Waals surface area contributed by atoms with Gasteiger partial charge in [0.25, 0.3) is 10.0 Å². The number of phenols is 1. The minimum Gasteiger partial charge on any atom is -0.508 e. The Kier molecular flexibility index (Phi) is 3.35. The summed E-state index contributed by atoms with van der Waals surface area (Å²) in [6, 6.07) is 10.5. The first-order valence-electron chi connectivity index (χ1n) is 5.56. The summed E-state index contributed by atoms with van der Waals surface area (Å²) in [6.07, 6.45) is 0. The molecule has 0 amide bonds. The number of hydrogen-bond donors (Lipinski definition) is 3. The summed E-state index contributed by atoms with van der Waals surface area (Å²) in [4.78, 5) is 0.139. The highest BCUT2D eigenvalue weighted by Gasteiger charge is 2.17. The van der Waals surface area contributed by atoms with Crippen molar-refractivity contribution in [2.45, 2.75) is 11.8 Å². The number of sulfonamides is 1. The zero-order valence-corrected chi connectivity index (χ0v) is 11.1. The lowest BCUT2D eigenvalue weighted by Gasteiger charge is -2.11. The first-order valence-corrected chi connectivity index (χ1v) is 7.05. The molecule has 0 saturated carbocycles. The van der Waals surface area contributed by atoms with Crippen LogP contribution in [0.2, 0.25) is 0 Å². The van der Waals surface area contributed by atoms with Crippen molar-refractivity contribution in [2.75, 3.05) is 10.5 Å². The number of benzene rings is 2. The minimum absolute atomic E-state index is 0.0723. The van der Waals surface area contributed by atoms with Crippen molar-refractivity contribution in [3.8, 4) is 5.75 Å². The molecule has 0 aliphatic rings. The number of rotatable bonds is 3. The summed E-state index contributed by atoms with van der Waals surface area (Å²) >= 11 is 0. The summed E-state index contributed by atoms with van der Waals surface area (Å²) in [5, 5.41) is 9.16. The van der Waals surface area contributed by atoms with Gasteiger partial charge in [-0.05, 0) is 48.9 Å². The highest BCUT2D eigenvalue weighted by Crippen LogP contribution is 2.22. The van der Waals surface area contributed by atoms with E-state index in [0.29, 0.717) is 16.9 Å². The van der Waals surface area contributed by atoms with Crippen LogP contribution in [-0.4, -0.2) is 13.5 Å². The molecule has 2 rings (SSSR count). The van der Waals surface area contributed by atoms with E-state index in [1.54, 1.807) is 19.1 Å². The number of nitrogens with two attached hydrogens (primary N) is 1. The van der Waals surface area contributed by atoms with Crippen LogP contribution >= 0.6 is 0 Å². The Morgan fingerprint density at radius 1 is 1.11 bits per heavy atom. The van der Waals surface area contributed by atoms with Gasteiger partial charge in [0.05, 0.1) is 4.90 Å². The molecule has 0 unspecified atom stereocenters. The molecule has 2 aromatic rings. The molecule has 0 heterocycles. The van der Waals surface area contributed by atoms with Gasteiger partial charge in [-0.2, -0.15) is 0 Å². The molecule has 4 N–H and O–H groups in total. The van der Waals surface area contributed by atoms with Gasteiger partial charge >= 0.3 is 0 Å². The Labute approximate surface area is 111 Å². The van der Waals surface area contributed by atoms with Crippen LogP contribution in [0.5, 0.6) is 5.75 Å². The fourth-order valence-corrected chi connectivity index (χ4v) is 2.99. The summed E-state index contributed by atoms with van der Waals surface area (Å²) in [7, 11) is -3.69. The van der Waals surface area contributed by atoms with Gasteiger partial charge in [-0.25, -0.2) is 8.42 Å². The van der Waals surface area contributed by atoms with Crippen LogP contribution < -0.4 is 10.5 Å². The van der Waals surface area contributed by atoms with Crippen molar-refractivity contribution in [2.24, 2.45) is 0 Å². The monoisotopic (exact) mass is 278 g/mol. The van der Waals surface area contributed by atoms with Crippen LogP contribution in [0.1, 0.15) is 5.56 Å². The molecule has 0 spiro atoms. The third-order valence-electron chi connectivity index (χ3n) is 2.62. The van der Waals surface area contributed by atoms with E-state index in [4.69, 9.17) is 10.8 Å². The molecule has 19 heavy (non-hydrogen) atoms. The van der Waals surface area contributed by atoms with E-state index in [0.717, 1.165) is 0 Å². The average molecular weight is 278 g/mol. The largest absolute Gasteiger partial charge is 0.508 e. The standard InChI is InChI=1S/C13H14N2O3S/c1-9-2-3-10(14)8-13(9)19(17,18)15-11-4-6-12(16)7-5-11/h2-8,15-16H,14H2,1H3. The molecule has 0 aliphatic heterocycles. The second kappa shape index (κ2) is 4.81. The fourth-order valence-electron chi connectivity index (χ4n) is 1.65. The number of aromatic hydroxyl groups is 1. The Balaban J connectivity index is 2.37. The Morgan fingerprint density at radius 2 is 1.74 bits per heavy atom. The van der Waals surface area contributed by atoms with Gasteiger partial charge in [0.15, 0.2) is 0 Å². The topological polar surface area (TPSA) is 92.4 Å². The predicted octanol–water partition coefficient (Wildman–Crippen LogP) is 2.08. The fraction of sp³-hybridized carbons (Fsp3) is 0.0769. The van der Waals surface area contributed by atoms with Crippen molar-refractivity contribution in [1.29, 1.82) is 0 Å². The van der Waals surface area contributed by atoms with Crippen molar-refractivity contribution in [3.05, 3.63) is 48.0 Å². The van der Waals surface area contributed by atoms with Crippen LogP contribution in [-0.2, 0) is 10.0 Å². The predicted molar refractivity (Wildman–Crippen MR) is 74.5 cm³/mol. The number of nitrogen functional groups attached to an aromatic ring is 1. The highest BCUT2D eigenvalue weighted by molar-refractivity contribution is 7.92. The molecule has 0 radical (unpaired) electrons. The number of hydrogen-bond acceptors (Lipinski definition) is 4. The molecule has 2 aromatic carbocycles. The van der Waals surface area contributed by atoms with Gasteiger partial charge < -0.3 is 10.8 Å². The van der Waals surface area contributed by atoms with Crippen molar-refractivity contribution in [1.82, 2.24) is 0 Å². The van der Waals surface area contributed by atoms with E-state index in [1.807, 2.05) is 0 Å². The molecule has 5 nitrogen and oxygen atoms in total. The van der Waals surface area contributed by atoms with Crippen molar-refractivity contribution < 1.29 is 13.5 Å². The van der Waals surface area contributed by atoms with Gasteiger partial charge in [0.1, 0.15) is 5.75 Å². The smallest absolute Gasteiger partial charge is 0.262 e. The molecule has 0 fully saturated rings. The lowest BCUT2D eigenvalue weighted by atomic mass is 10.2. The Hall–Kier alpha value is -2.21. The number of aryl methyl sites for hydroxylation is 1. The molecule has 0 saturated heterocycles. The lowest BCUT2D eigenvalue weighted by Crippen LogP contribution is -2.14. The normalized spacial score (nSPS) is 11.2. The summed E-state index contributed by atoms with van der Waals surface area (Å²) in [5.74, 6) is 0.0723. The first-order chi connectivity index (χ1) is 8.88. The molecule has 0 atom stereocenters. The van der Waals surface area contributed by atoms with Crippen LogP contribution in [0.25, 0.3) is 0 Å². The summed E-state index contributed by atoms with van der Waals surface area (Å²) < 4.78 is 26.9. The highest BCUT2D eigenvalue weighted by atomic mass is 32.2. The van der Waals surface area contributed by atoms with Crippen LogP contribution in [0, 0.1) is 6.92 Å². The molecule has 100 valence electrons. The zero-order valence-electron chi connectivity index (χ0n) is 10.3. The number of anilines is 2. The van der Waals surface area contributed by atoms with Gasteiger partial charge in [-0.1, -0.05) is 6.07 Å². The number of phenolic OH excluding ortho intramolecular Hbond substituents is 1. The second-order valence-electron chi connectivity index (χ2n) is 4.18. The minimum atomic E-state index is -3.69. The van der Waals surface area contributed by atoms with Gasteiger partial charge in [0.2, 0.25) is 0 Å². The molecule has 0 bridgehead atoms. The van der Waals surface area contributed by atoms with Gasteiger partial charge in [0, 0.05) is 11.4 Å². The van der Waals surface area contributed by atoms with E-state index >= 15 is 0 Å². The first kappa shape index (κ1) is 13.2. The third-order valence-corrected chi connectivity index (χ3v) is 4.14. The molecule has 6 heteroatoms. The lowest BCUT2D eigenvalue weighted by molar-refractivity contribution is 0.475. The second-order valence-corrected chi connectivity index (χ2v) is 5.83. The van der Waals surface area contributed by atoms with Crippen molar-refractivity contribution >= 4 is 21.4 Å². The summed E-state index contributed by atoms with van der Waals surface area (Å²) in [5.41, 5.74) is 6.98. The van der Waals surface area contributed by atoms with Crippen LogP contribution in [0.3, 0.4) is 0 Å². The van der Waals surface area contributed by atoms with Crippen LogP contribution in [0.4, 0.5) is 11.4 Å². The average Bonchev–Trinajstić information content (AvgIpc) is 2.35. The van der Waals surface area contributed by atoms with Crippen LogP contribution in [0.15, 0.2) is 47.4 Å². The maximum Gasteiger partial charge on any atom is 0.262 e. The van der Waals surface area contributed by atoms with E-state index < -0.39 is 10.0 Å². The quantitative estimate of drug-likeness (QED) is 0.592. The Bertz CT molecular complexity index is 694. The molecule has 0 aliphatic carbocycles. The SMILES string of the molecule is Cc1ccc(N)cc1S(=O)(=O)Nc1ccc(O)cc1. The molecular weight excluding hydrogens is 264 g/mol. The maximum atomic E-state index is 12.2. The molecule has 0 aromatic heterocycles.